The minimum absolute atomic E-state index is 0.0691. The SMILES string of the molecule is CC(C)(C)C#CCNC(=O)CCC(=O)Nc1ccccc1. The predicted molar refractivity (Wildman–Crippen MR) is 84.5 cm³/mol. The fraction of sp³-hybridized carbons (Fsp3) is 0.412. The van der Waals surface area contributed by atoms with E-state index < -0.39 is 0 Å². The van der Waals surface area contributed by atoms with Crippen LogP contribution in [-0.2, 0) is 9.59 Å². The molecule has 0 saturated carbocycles. The summed E-state index contributed by atoms with van der Waals surface area (Å²) in [6.45, 7) is 6.34. The lowest BCUT2D eigenvalue weighted by Gasteiger charge is -2.07. The molecule has 0 heterocycles. The molecule has 1 aromatic rings. The predicted octanol–water partition coefficient (Wildman–Crippen LogP) is 2.57. The molecule has 1 aromatic carbocycles. The molecule has 4 heteroatoms. The van der Waals surface area contributed by atoms with Crippen LogP contribution >= 0.6 is 0 Å². The Labute approximate surface area is 126 Å². The molecule has 112 valence electrons. The Morgan fingerprint density at radius 3 is 2.29 bits per heavy atom. The third-order valence-corrected chi connectivity index (χ3v) is 2.47. The lowest BCUT2D eigenvalue weighted by atomic mass is 9.98. The summed E-state index contributed by atoms with van der Waals surface area (Å²) in [7, 11) is 0. The van der Waals surface area contributed by atoms with E-state index in [1.54, 1.807) is 12.1 Å². The minimum atomic E-state index is -0.169. The Morgan fingerprint density at radius 2 is 1.67 bits per heavy atom. The standard InChI is InChI=1S/C17H22N2O2/c1-17(2,3)12-7-13-18-15(20)10-11-16(21)19-14-8-5-4-6-9-14/h4-6,8-9H,10-11,13H2,1-3H3,(H,18,20)(H,19,21). The molecule has 0 saturated heterocycles. The second-order valence-electron chi connectivity index (χ2n) is 5.74. The van der Waals surface area contributed by atoms with Crippen molar-refractivity contribution in [3.63, 3.8) is 0 Å². The smallest absolute Gasteiger partial charge is 0.224 e. The van der Waals surface area contributed by atoms with E-state index in [0.29, 0.717) is 6.54 Å². The zero-order valence-electron chi connectivity index (χ0n) is 12.8. The summed E-state index contributed by atoms with van der Waals surface area (Å²) in [5.74, 6) is 5.60. The van der Waals surface area contributed by atoms with Gasteiger partial charge in [0.15, 0.2) is 0 Å². The number of rotatable bonds is 5. The summed E-state index contributed by atoms with van der Waals surface area (Å²) < 4.78 is 0. The quantitative estimate of drug-likeness (QED) is 0.817. The lowest BCUT2D eigenvalue weighted by molar-refractivity contribution is -0.124. The average Bonchev–Trinajstić information content (AvgIpc) is 2.41. The van der Waals surface area contributed by atoms with Crippen molar-refractivity contribution in [3.8, 4) is 11.8 Å². The van der Waals surface area contributed by atoms with Crippen LogP contribution in [0.1, 0.15) is 33.6 Å². The fourth-order valence-corrected chi connectivity index (χ4v) is 1.51. The fourth-order valence-electron chi connectivity index (χ4n) is 1.51. The van der Waals surface area contributed by atoms with Crippen molar-refractivity contribution in [1.82, 2.24) is 5.32 Å². The molecule has 0 aliphatic heterocycles. The van der Waals surface area contributed by atoms with Crippen LogP contribution in [0.3, 0.4) is 0 Å². The van der Waals surface area contributed by atoms with Crippen LogP contribution in [0.15, 0.2) is 30.3 Å². The topological polar surface area (TPSA) is 58.2 Å². The lowest BCUT2D eigenvalue weighted by Crippen LogP contribution is -2.25. The van der Waals surface area contributed by atoms with E-state index in [9.17, 15) is 9.59 Å². The van der Waals surface area contributed by atoms with Crippen molar-refractivity contribution in [2.75, 3.05) is 11.9 Å². The van der Waals surface area contributed by atoms with Crippen LogP contribution in [0.2, 0.25) is 0 Å². The Hall–Kier alpha value is -2.28. The van der Waals surface area contributed by atoms with Crippen LogP contribution in [0.4, 0.5) is 5.69 Å². The van der Waals surface area contributed by atoms with Gasteiger partial charge in [0.05, 0.1) is 6.54 Å². The van der Waals surface area contributed by atoms with E-state index >= 15 is 0 Å². The number of carbonyl (C=O) groups is 2. The van der Waals surface area contributed by atoms with E-state index in [2.05, 4.69) is 22.5 Å². The van der Waals surface area contributed by atoms with E-state index in [0.717, 1.165) is 5.69 Å². The molecule has 0 radical (unpaired) electrons. The van der Waals surface area contributed by atoms with Gasteiger partial charge in [-0.1, -0.05) is 30.0 Å². The summed E-state index contributed by atoms with van der Waals surface area (Å²) in [5, 5.41) is 5.42. The van der Waals surface area contributed by atoms with Gasteiger partial charge in [-0.3, -0.25) is 9.59 Å². The number of para-hydroxylation sites is 1. The maximum Gasteiger partial charge on any atom is 0.224 e. The second-order valence-corrected chi connectivity index (χ2v) is 5.74. The van der Waals surface area contributed by atoms with Gasteiger partial charge in [-0.15, -0.1) is 0 Å². The number of hydrogen-bond donors (Lipinski definition) is 2. The third-order valence-electron chi connectivity index (χ3n) is 2.47. The molecule has 1 rings (SSSR count). The first kappa shape index (κ1) is 16.8. The first-order chi connectivity index (χ1) is 9.87. The van der Waals surface area contributed by atoms with Crippen molar-refractivity contribution in [2.24, 2.45) is 5.41 Å². The molecular formula is C17H22N2O2. The third kappa shape index (κ3) is 8.48. The van der Waals surface area contributed by atoms with Gasteiger partial charge in [-0.2, -0.15) is 0 Å². The number of benzene rings is 1. The summed E-state index contributed by atoms with van der Waals surface area (Å²) in [6, 6.07) is 9.17. The summed E-state index contributed by atoms with van der Waals surface area (Å²) >= 11 is 0. The van der Waals surface area contributed by atoms with Gasteiger partial charge < -0.3 is 10.6 Å². The van der Waals surface area contributed by atoms with Gasteiger partial charge in [-0.25, -0.2) is 0 Å². The van der Waals surface area contributed by atoms with Gasteiger partial charge in [0, 0.05) is 23.9 Å². The maximum absolute atomic E-state index is 11.7. The second kappa shape index (κ2) is 8.11. The molecule has 0 atom stereocenters. The highest BCUT2D eigenvalue weighted by atomic mass is 16.2. The molecular weight excluding hydrogens is 264 g/mol. The van der Waals surface area contributed by atoms with Crippen LogP contribution < -0.4 is 10.6 Å². The van der Waals surface area contributed by atoms with Crippen molar-refractivity contribution < 1.29 is 9.59 Å². The Balaban J connectivity index is 2.23. The van der Waals surface area contributed by atoms with E-state index in [1.165, 1.54) is 0 Å². The molecule has 0 aromatic heterocycles. The Kier molecular flexibility index (Phi) is 6.48. The van der Waals surface area contributed by atoms with Crippen LogP contribution in [0, 0.1) is 17.3 Å². The summed E-state index contributed by atoms with van der Waals surface area (Å²) in [6.07, 6.45) is 0.323. The zero-order chi connectivity index (χ0) is 15.7. The number of hydrogen-bond acceptors (Lipinski definition) is 2. The molecule has 0 aliphatic rings. The van der Waals surface area contributed by atoms with Gasteiger partial charge in [0.2, 0.25) is 11.8 Å². The van der Waals surface area contributed by atoms with Crippen molar-refractivity contribution in [1.29, 1.82) is 0 Å². The molecule has 4 nitrogen and oxygen atoms in total. The number of anilines is 1. The van der Waals surface area contributed by atoms with E-state index in [-0.39, 0.29) is 30.1 Å². The first-order valence-electron chi connectivity index (χ1n) is 6.98. The van der Waals surface area contributed by atoms with Gasteiger partial charge in [0.25, 0.3) is 0 Å². The van der Waals surface area contributed by atoms with Gasteiger partial charge in [0.1, 0.15) is 0 Å². The van der Waals surface area contributed by atoms with Crippen molar-refractivity contribution in [2.45, 2.75) is 33.6 Å². The molecule has 0 fully saturated rings. The van der Waals surface area contributed by atoms with Gasteiger partial charge in [-0.05, 0) is 32.9 Å². The highest BCUT2D eigenvalue weighted by Gasteiger charge is 2.07. The Bertz CT molecular complexity index is 533. The maximum atomic E-state index is 11.7. The average molecular weight is 286 g/mol. The minimum Gasteiger partial charge on any atom is -0.345 e. The highest BCUT2D eigenvalue weighted by molar-refractivity contribution is 5.93. The van der Waals surface area contributed by atoms with Crippen molar-refractivity contribution in [3.05, 3.63) is 30.3 Å². The number of carbonyl (C=O) groups excluding carboxylic acids is 2. The van der Waals surface area contributed by atoms with Crippen LogP contribution in [0.25, 0.3) is 0 Å². The zero-order valence-corrected chi connectivity index (χ0v) is 12.8. The van der Waals surface area contributed by atoms with Crippen molar-refractivity contribution >= 4 is 17.5 Å². The van der Waals surface area contributed by atoms with Crippen LogP contribution in [0.5, 0.6) is 0 Å². The highest BCUT2D eigenvalue weighted by Crippen LogP contribution is 2.09. The van der Waals surface area contributed by atoms with E-state index in [1.807, 2.05) is 39.0 Å². The normalized spacial score (nSPS) is 10.2. The molecule has 0 spiro atoms. The molecule has 2 N–H and O–H groups in total. The summed E-state index contributed by atoms with van der Waals surface area (Å²) in [4.78, 5) is 23.2. The first-order valence-corrected chi connectivity index (χ1v) is 6.98. The Morgan fingerprint density at radius 1 is 1.05 bits per heavy atom. The molecule has 21 heavy (non-hydrogen) atoms. The summed E-state index contributed by atoms with van der Waals surface area (Å²) in [5.41, 5.74) is 0.666. The molecule has 2 amide bonds. The number of amides is 2. The molecule has 0 bridgehead atoms. The number of nitrogens with one attached hydrogen (secondary N) is 2. The largest absolute Gasteiger partial charge is 0.345 e. The van der Waals surface area contributed by atoms with Crippen LogP contribution in [-0.4, -0.2) is 18.4 Å². The monoisotopic (exact) mass is 286 g/mol. The molecule has 0 unspecified atom stereocenters. The van der Waals surface area contributed by atoms with Gasteiger partial charge >= 0.3 is 0 Å². The molecule has 0 aliphatic carbocycles. The van der Waals surface area contributed by atoms with E-state index in [4.69, 9.17) is 0 Å².